The Bertz CT molecular complexity index is 538. The van der Waals surface area contributed by atoms with E-state index in [1.165, 1.54) is 11.1 Å². The zero-order chi connectivity index (χ0) is 13.7. The molecule has 2 saturated carbocycles. The van der Waals surface area contributed by atoms with Crippen LogP contribution < -0.4 is 0 Å². The lowest BCUT2D eigenvalue weighted by atomic mass is 9.92. The van der Waals surface area contributed by atoms with Gasteiger partial charge in [-0.3, -0.25) is 4.79 Å². The third-order valence-electron chi connectivity index (χ3n) is 5.23. The number of carbonyl (C=O) groups is 1. The van der Waals surface area contributed by atoms with Crippen molar-refractivity contribution in [3.05, 3.63) is 35.4 Å². The highest BCUT2D eigenvalue weighted by Crippen LogP contribution is 2.60. The number of nitrogens with zero attached hydrogens (tertiary/aromatic N) is 1. The number of hydrogen-bond acceptors (Lipinski definition) is 2. The van der Waals surface area contributed by atoms with Gasteiger partial charge in [0.2, 0.25) is 5.91 Å². The maximum atomic E-state index is 12.8. The zero-order valence-electron chi connectivity index (χ0n) is 11.7. The number of carbonyl (C=O) groups excluding carboxylic acids is 1. The molecule has 20 heavy (non-hydrogen) atoms. The van der Waals surface area contributed by atoms with Crippen molar-refractivity contribution < 1.29 is 9.90 Å². The fourth-order valence-corrected chi connectivity index (χ4v) is 4.06. The Morgan fingerprint density at radius 2 is 2.05 bits per heavy atom. The van der Waals surface area contributed by atoms with Crippen molar-refractivity contribution >= 4 is 5.91 Å². The maximum absolute atomic E-state index is 12.8. The summed E-state index contributed by atoms with van der Waals surface area (Å²) in [6, 6.07) is 9.01. The van der Waals surface area contributed by atoms with Gasteiger partial charge in [0.15, 0.2) is 0 Å². The van der Waals surface area contributed by atoms with E-state index in [2.05, 4.69) is 24.3 Å². The van der Waals surface area contributed by atoms with Gasteiger partial charge in [-0.2, -0.15) is 0 Å². The highest BCUT2D eigenvalue weighted by molar-refractivity contribution is 5.84. The average Bonchev–Trinajstić information content (AvgIpc) is 3.37. The lowest BCUT2D eigenvalue weighted by Crippen LogP contribution is -2.37. The Morgan fingerprint density at radius 1 is 1.25 bits per heavy atom. The minimum atomic E-state index is 0.0842. The van der Waals surface area contributed by atoms with Gasteiger partial charge < -0.3 is 10.0 Å². The molecule has 1 amide bonds. The van der Waals surface area contributed by atoms with Crippen LogP contribution in [-0.4, -0.2) is 35.1 Å². The standard InChI is InChI=1S/C17H21NO2/c19-10-9-18(12-6-7-12)17(20)16-14-8-5-11-3-1-2-4-13(11)15(14)16/h1-4,12,14-16,19H,5-10H2. The molecule has 3 unspecified atom stereocenters. The highest BCUT2D eigenvalue weighted by atomic mass is 16.3. The van der Waals surface area contributed by atoms with Crippen molar-refractivity contribution in [2.75, 3.05) is 13.2 Å². The number of amides is 1. The summed E-state index contributed by atoms with van der Waals surface area (Å²) in [4.78, 5) is 14.7. The summed E-state index contributed by atoms with van der Waals surface area (Å²) < 4.78 is 0. The number of aliphatic hydroxyl groups excluding tert-OH is 1. The predicted octanol–water partition coefficient (Wildman–Crippen LogP) is 1.95. The zero-order valence-corrected chi connectivity index (χ0v) is 11.7. The van der Waals surface area contributed by atoms with E-state index in [4.69, 9.17) is 0 Å². The highest BCUT2D eigenvalue weighted by Gasteiger charge is 2.58. The van der Waals surface area contributed by atoms with Crippen LogP contribution in [0.15, 0.2) is 24.3 Å². The molecule has 4 rings (SSSR count). The summed E-state index contributed by atoms with van der Waals surface area (Å²) in [5.41, 5.74) is 2.84. The Labute approximate surface area is 119 Å². The minimum Gasteiger partial charge on any atom is -0.395 e. The number of fused-ring (bicyclic) bond motifs is 3. The van der Waals surface area contributed by atoms with Gasteiger partial charge in [-0.1, -0.05) is 24.3 Å². The molecule has 3 heteroatoms. The van der Waals surface area contributed by atoms with Gasteiger partial charge in [-0.15, -0.1) is 0 Å². The molecule has 0 radical (unpaired) electrons. The number of hydrogen-bond donors (Lipinski definition) is 1. The summed E-state index contributed by atoms with van der Waals surface area (Å²) in [5, 5.41) is 9.19. The second-order valence-electron chi connectivity index (χ2n) is 6.44. The first-order chi connectivity index (χ1) is 9.81. The first-order valence-corrected chi connectivity index (χ1v) is 7.80. The van der Waals surface area contributed by atoms with Gasteiger partial charge in [0.05, 0.1) is 6.61 Å². The van der Waals surface area contributed by atoms with Crippen molar-refractivity contribution in [1.29, 1.82) is 0 Å². The van der Waals surface area contributed by atoms with Crippen LogP contribution in [0, 0.1) is 11.8 Å². The molecule has 3 aliphatic carbocycles. The third-order valence-corrected chi connectivity index (χ3v) is 5.23. The average molecular weight is 271 g/mol. The first-order valence-electron chi connectivity index (χ1n) is 7.80. The minimum absolute atomic E-state index is 0.0842. The van der Waals surface area contributed by atoms with Gasteiger partial charge in [-0.25, -0.2) is 0 Å². The molecule has 0 aliphatic heterocycles. The van der Waals surface area contributed by atoms with Gasteiger partial charge in [0.1, 0.15) is 0 Å². The van der Waals surface area contributed by atoms with Crippen LogP contribution in [0.25, 0.3) is 0 Å². The largest absolute Gasteiger partial charge is 0.395 e. The molecule has 3 nitrogen and oxygen atoms in total. The molecule has 0 saturated heterocycles. The molecule has 1 aromatic carbocycles. The van der Waals surface area contributed by atoms with Gasteiger partial charge in [0.25, 0.3) is 0 Å². The summed E-state index contributed by atoms with van der Waals surface area (Å²) in [6.07, 6.45) is 4.50. The van der Waals surface area contributed by atoms with E-state index >= 15 is 0 Å². The Hall–Kier alpha value is -1.35. The summed E-state index contributed by atoms with van der Waals surface area (Å²) >= 11 is 0. The molecular formula is C17H21NO2. The van der Waals surface area contributed by atoms with E-state index in [1.54, 1.807) is 0 Å². The first kappa shape index (κ1) is 12.4. The molecule has 106 valence electrons. The van der Waals surface area contributed by atoms with E-state index in [0.29, 0.717) is 30.3 Å². The normalized spacial score (nSPS) is 30.4. The molecule has 3 aliphatic rings. The SMILES string of the molecule is O=C(C1C2CCc3ccccc3C21)N(CCO)C1CC1. The summed E-state index contributed by atoms with van der Waals surface area (Å²) in [7, 11) is 0. The molecule has 1 N–H and O–H groups in total. The van der Waals surface area contributed by atoms with E-state index in [0.717, 1.165) is 25.7 Å². The lowest BCUT2D eigenvalue weighted by Gasteiger charge is -2.21. The monoisotopic (exact) mass is 271 g/mol. The second-order valence-corrected chi connectivity index (χ2v) is 6.44. The summed E-state index contributed by atoms with van der Waals surface area (Å²) in [6.45, 7) is 0.599. The molecule has 0 heterocycles. The fourth-order valence-electron chi connectivity index (χ4n) is 4.06. The van der Waals surface area contributed by atoms with E-state index in [9.17, 15) is 9.90 Å². The molecule has 0 spiro atoms. The van der Waals surface area contributed by atoms with Gasteiger partial charge in [-0.05, 0) is 48.6 Å². The fraction of sp³-hybridized carbons (Fsp3) is 0.588. The van der Waals surface area contributed by atoms with Crippen molar-refractivity contribution in [3.63, 3.8) is 0 Å². The second kappa shape index (κ2) is 4.59. The van der Waals surface area contributed by atoms with Crippen LogP contribution in [0.2, 0.25) is 0 Å². The molecule has 0 aromatic heterocycles. The topological polar surface area (TPSA) is 40.5 Å². The molecule has 0 bridgehead atoms. The molecule has 1 aromatic rings. The van der Waals surface area contributed by atoms with Gasteiger partial charge in [0, 0.05) is 18.5 Å². The van der Waals surface area contributed by atoms with Crippen LogP contribution >= 0.6 is 0 Å². The maximum Gasteiger partial charge on any atom is 0.226 e. The van der Waals surface area contributed by atoms with Crippen LogP contribution in [-0.2, 0) is 11.2 Å². The molecule has 2 fully saturated rings. The smallest absolute Gasteiger partial charge is 0.226 e. The Balaban J connectivity index is 1.55. The van der Waals surface area contributed by atoms with E-state index < -0.39 is 0 Å². The van der Waals surface area contributed by atoms with Crippen LogP contribution in [0.1, 0.15) is 36.3 Å². The van der Waals surface area contributed by atoms with Crippen molar-refractivity contribution in [3.8, 4) is 0 Å². The molecular weight excluding hydrogens is 250 g/mol. The number of benzene rings is 1. The van der Waals surface area contributed by atoms with Crippen molar-refractivity contribution in [2.45, 2.75) is 37.6 Å². The quantitative estimate of drug-likeness (QED) is 0.909. The summed E-state index contributed by atoms with van der Waals surface area (Å²) in [5.74, 6) is 1.49. The lowest BCUT2D eigenvalue weighted by molar-refractivity contribution is -0.134. The third kappa shape index (κ3) is 1.87. The van der Waals surface area contributed by atoms with Crippen molar-refractivity contribution in [2.24, 2.45) is 11.8 Å². The Kier molecular flexibility index (Phi) is 2.84. The Morgan fingerprint density at radius 3 is 2.80 bits per heavy atom. The van der Waals surface area contributed by atoms with Gasteiger partial charge >= 0.3 is 0 Å². The van der Waals surface area contributed by atoms with Crippen molar-refractivity contribution in [1.82, 2.24) is 4.90 Å². The van der Waals surface area contributed by atoms with Crippen LogP contribution in [0.5, 0.6) is 0 Å². The number of rotatable bonds is 4. The van der Waals surface area contributed by atoms with E-state index in [-0.39, 0.29) is 12.5 Å². The van der Waals surface area contributed by atoms with Crippen LogP contribution in [0.4, 0.5) is 0 Å². The predicted molar refractivity (Wildman–Crippen MR) is 76.3 cm³/mol. The van der Waals surface area contributed by atoms with E-state index in [1.807, 2.05) is 4.90 Å². The number of aliphatic hydroxyl groups is 1. The molecule has 3 atom stereocenters. The number of aryl methyl sites for hydroxylation is 1. The van der Waals surface area contributed by atoms with Crippen LogP contribution in [0.3, 0.4) is 0 Å².